The molecule has 0 saturated heterocycles. The lowest BCUT2D eigenvalue weighted by Gasteiger charge is -2.47. The van der Waals surface area contributed by atoms with Gasteiger partial charge in [-0.05, 0) is 78.7 Å². The lowest BCUT2D eigenvalue weighted by atomic mass is 9.72. The highest BCUT2D eigenvalue weighted by atomic mass is 32.2. The monoisotopic (exact) mass is 530 g/mol. The summed E-state index contributed by atoms with van der Waals surface area (Å²) in [6.45, 7) is 4.40. The van der Waals surface area contributed by atoms with Gasteiger partial charge in [0.25, 0.3) is 0 Å². The molecule has 2 aliphatic heterocycles. The van der Waals surface area contributed by atoms with E-state index in [9.17, 15) is 19.8 Å². The van der Waals surface area contributed by atoms with Gasteiger partial charge < -0.3 is 19.8 Å². The van der Waals surface area contributed by atoms with Crippen molar-refractivity contribution in [3.63, 3.8) is 0 Å². The zero-order valence-corrected chi connectivity index (χ0v) is 22.3. The van der Waals surface area contributed by atoms with E-state index in [1.165, 1.54) is 32.1 Å². The number of carbonyl (C=O) groups is 2. The molecule has 8 heteroatoms. The van der Waals surface area contributed by atoms with E-state index in [-0.39, 0.29) is 22.6 Å². The van der Waals surface area contributed by atoms with Crippen molar-refractivity contribution in [3.05, 3.63) is 94.6 Å². The van der Waals surface area contributed by atoms with Crippen molar-refractivity contribution in [1.29, 1.82) is 0 Å². The molecule has 2 aromatic heterocycles. The number of aliphatic carboxylic acids is 2. The van der Waals surface area contributed by atoms with Crippen molar-refractivity contribution in [2.75, 3.05) is 0 Å². The first-order chi connectivity index (χ1) is 17.7. The van der Waals surface area contributed by atoms with Crippen LogP contribution in [0.2, 0.25) is 0 Å². The third-order valence-electron chi connectivity index (χ3n) is 7.96. The zero-order chi connectivity index (χ0) is 25.9. The first kappa shape index (κ1) is 24.2. The number of carbonyl (C=O) groups excluding carboxylic acids is 2. The summed E-state index contributed by atoms with van der Waals surface area (Å²) < 4.78 is 2.91. The minimum atomic E-state index is -1.10. The number of thioether (sulfide) groups is 2. The Labute approximate surface area is 224 Å². The molecule has 0 radical (unpaired) electrons. The minimum absolute atomic E-state index is 0.161. The number of hydrogen-bond donors (Lipinski definition) is 0. The van der Waals surface area contributed by atoms with Gasteiger partial charge in [-0.15, -0.1) is 23.5 Å². The number of aromatic nitrogens is 2. The van der Waals surface area contributed by atoms with Crippen LogP contribution in [-0.4, -0.2) is 21.4 Å². The zero-order valence-electron chi connectivity index (χ0n) is 20.7. The second kappa shape index (κ2) is 8.74. The summed E-state index contributed by atoms with van der Waals surface area (Å²) in [5, 5.41) is 21.9. The minimum Gasteiger partial charge on any atom is -0.544 e. The molecule has 4 aliphatic rings. The SMILES string of the molecule is CC12SC(c3cc[n+](CC(=O)[O-])cc3)=CC1=C1CCCC1=C1C=C(c3cc[n+](CC(=O)[O-])cc3)SC12C. The highest BCUT2D eigenvalue weighted by molar-refractivity contribution is 8.14. The molecule has 2 atom stereocenters. The number of nitrogens with zero attached hydrogens (tertiary/aromatic N) is 2. The molecule has 1 fully saturated rings. The summed E-state index contributed by atoms with van der Waals surface area (Å²) in [7, 11) is 0. The molecule has 0 spiro atoms. The van der Waals surface area contributed by atoms with Crippen LogP contribution in [-0.2, 0) is 22.7 Å². The Morgan fingerprint density at radius 1 is 0.757 bits per heavy atom. The van der Waals surface area contributed by atoms with Gasteiger partial charge >= 0.3 is 0 Å². The summed E-state index contributed by atoms with van der Waals surface area (Å²) in [6.07, 6.45) is 15.3. The second-order valence-corrected chi connectivity index (χ2v) is 13.1. The van der Waals surface area contributed by atoms with Crippen molar-refractivity contribution >= 4 is 45.3 Å². The number of hydrogen-bond acceptors (Lipinski definition) is 6. The molecule has 0 aromatic carbocycles. The van der Waals surface area contributed by atoms with Crippen LogP contribution in [0, 0.1) is 0 Å². The third kappa shape index (κ3) is 3.89. The van der Waals surface area contributed by atoms with E-state index < -0.39 is 11.9 Å². The summed E-state index contributed by atoms with van der Waals surface area (Å²) in [5.74, 6) is -2.21. The smallest absolute Gasteiger partial charge is 0.187 e. The van der Waals surface area contributed by atoms with Gasteiger partial charge in [0, 0.05) is 34.1 Å². The van der Waals surface area contributed by atoms with Crippen LogP contribution in [0.5, 0.6) is 0 Å². The summed E-state index contributed by atoms with van der Waals surface area (Å²) in [4.78, 5) is 24.3. The van der Waals surface area contributed by atoms with Crippen molar-refractivity contribution in [2.24, 2.45) is 0 Å². The van der Waals surface area contributed by atoms with E-state index in [1.807, 2.05) is 47.8 Å². The number of rotatable bonds is 6. The molecule has 2 aromatic rings. The molecular formula is C29H26N2O4S2. The van der Waals surface area contributed by atoms with Crippen LogP contribution in [0.15, 0.2) is 83.5 Å². The predicted molar refractivity (Wildman–Crippen MR) is 139 cm³/mol. The van der Waals surface area contributed by atoms with Crippen molar-refractivity contribution in [3.8, 4) is 0 Å². The van der Waals surface area contributed by atoms with Gasteiger partial charge in [0.05, 0.1) is 9.49 Å². The molecule has 0 N–H and O–H groups in total. The molecule has 4 heterocycles. The maximum atomic E-state index is 11.0. The van der Waals surface area contributed by atoms with Gasteiger partial charge in [0.15, 0.2) is 37.9 Å². The maximum absolute atomic E-state index is 11.0. The average Bonchev–Trinajstić information content (AvgIpc) is 3.55. The topological polar surface area (TPSA) is 88.0 Å². The Bertz CT molecular complexity index is 1360. The molecule has 2 aliphatic carbocycles. The first-order valence-corrected chi connectivity index (χ1v) is 14.0. The summed E-state index contributed by atoms with van der Waals surface area (Å²) in [5.41, 5.74) is 7.98. The van der Waals surface area contributed by atoms with Gasteiger partial charge in [-0.2, -0.15) is 9.13 Å². The highest BCUT2D eigenvalue weighted by Gasteiger charge is 2.59. The largest absolute Gasteiger partial charge is 0.544 e. The van der Waals surface area contributed by atoms with Crippen LogP contribution >= 0.6 is 23.5 Å². The molecule has 188 valence electrons. The average molecular weight is 531 g/mol. The number of carboxylic acids is 2. The molecule has 0 bridgehead atoms. The molecule has 6 nitrogen and oxygen atoms in total. The van der Waals surface area contributed by atoms with E-state index in [1.54, 1.807) is 33.9 Å². The van der Waals surface area contributed by atoms with E-state index in [4.69, 9.17) is 0 Å². The van der Waals surface area contributed by atoms with E-state index in [0.29, 0.717) is 0 Å². The third-order valence-corrected chi connectivity index (χ3v) is 11.3. The maximum Gasteiger partial charge on any atom is 0.187 e. The van der Waals surface area contributed by atoms with Crippen LogP contribution in [0.3, 0.4) is 0 Å². The second-order valence-electron chi connectivity index (χ2n) is 10.2. The standard InChI is InChI=1S/C29H26N2O4S2/c1-28-22(14-24(36-28)18-6-10-30(11-7-18)16-26(32)33)20-4-3-5-21(20)23-15-25(37-29(23,28)2)19-8-12-31(13-9-19)17-27(34)35/h6-15H,3-5,16-17H2,1-2H3. The molecule has 1 saturated carbocycles. The molecular weight excluding hydrogens is 504 g/mol. The summed E-state index contributed by atoms with van der Waals surface area (Å²) in [6, 6.07) is 7.93. The van der Waals surface area contributed by atoms with E-state index in [2.05, 4.69) is 26.0 Å². The fourth-order valence-corrected chi connectivity index (χ4v) is 9.16. The van der Waals surface area contributed by atoms with Gasteiger partial charge in [-0.25, -0.2) is 0 Å². The van der Waals surface area contributed by atoms with Crippen LogP contribution in [0.25, 0.3) is 9.81 Å². The Morgan fingerprint density at radius 2 is 1.14 bits per heavy atom. The number of allylic oxidation sites excluding steroid dienone is 4. The lowest BCUT2D eigenvalue weighted by Crippen LogP contribution is -2.47. The molecule has 37 heavy (non-hydrogen) atoms. The van der Waals surface area contributed by atoms with Gasteiger partial charge in [-0.1, -0.05) is 0 Å². The normalized spacial score (nSPS) is 26.0. The van der Waals surface area contributed by atoms with Gasteiger partial charge in [0.2, 0.25) is 0 Å². The quantitative estimate of drug-likeness (QED) is 0.531. The van der Waals surface area contributed by atoms with Crippen LogP contribution < -0.4 is 19.3 Å². The molecule has 0 amide bonds. The van der Waals surface area contributed by atoms with E-state index in [0.717, 1.165) is 30.4 Å². The van der Waals surface area contributed by atoms with Gasteiger partial charge in [0.1, 0.15) is 11.9 Å². The molecule has 2 unspecified atom stereocenters. The van der Waals surface area contributed by atoms with Crippen molar-refractivity contribution in [2.45, 2.75) is 55.7 Å². The van der Waals surface area contributed by atoms with Crippen LogP contribution in [0.1, 0.15) is 44.2 Å². The predicted octanol–water partition coefficient (Wildman–Crippen LogP) is 1.95. The Kier molecular flexibility index (Phi) is 5.73. The summed E-state index contributed by atoms with van der Waals surface area (Å²) >= 11 is 3.80. The highest BCUT2D eigenvalue weighted by Crippen LogP contribution is 2.70. The fraction of sp³-hybridized carbons (Fsp3) is 0.310. The van der Waals surface area contributed by atoms with Crippen molar-refractivity contribution in [1.82, 2.24) is 0 Å². The number of fused-ring (bicyclic) bond motifs is 4. The number of pyridine rings is 2. The Balaban J connectivity index is 1.36. The fourth-order valence-electron chi connectivity index (χ4n) is 5.98. The lowest BCUT2D eigenvalue weighted by molar-refractivity contribution is -0.690. The van der Waals surface area contributed by atoms with Crippen LogP contribution in [0.4, 0.5) is 0 Å². The Hall–Kier alpha value is -3.10. The Morgan fingerprint density at radius 3 is 1.49 bits per heavy atom. The van der Waals surface area contributed by atoms with Crippen molar-refractivity contribution < 1.29 is 28.9 Å². The van der Waals surface area contributed by atoms with E-state index >= 15 is 0 Å². The first-order valence-electron chi connectivity index (χ1n) is 12.4. The molecule has 6 rings (SSSR count). The van der Waals surface area contributed by atoms with Gasteiger partial charge in [-0.3, -0.25) is 0 Å². The number of carboxylic acid groups (broad SMARTS) is 2.